The molecule has 0 aromatic carbocycles. The molecule has 0 aliphatic rings. The summed E-state index contributed by atoms with van der Waals surface area (Å²) in [6.45, 7) is -2.97. The summed E-state index contributed by atoms with van der Waals surface area (Å²) >= 11 is 5.39. The van der Waals surface area contributed by atoms with Crippen LogP contribution in [0.15, 0.2) is 12.3 Å². The molecule has 1 N–H and O–H groups in total. The van der Waals surface area contributed by atoms with Crippen molar-refractivity contribution in [2.75, 3.05) is 0 Å². The molecule has 3 nitrogen and oxygen atoms in total. The van der Waals surface area contributed by atoms with Crippen LogP contribution in [0.5, 0.6) is 11.6 Å². The number of hydrogen-bond donors (Lipinski definition) is 1. The van der Waals surface area contributed by atoms with Gasteiger partial charge in [-0.2, -0.15) is 8.78 Å². The zero-order valence-corrected chi connectivity index (χ0v) is 6.42. The maximum atomic E-state index is 11.6. The quantitative estimate of drug-likeness (QED) is 0.785. The van der Waals surface area contributed by atoms with Gasteiger partial charge in [0.25, 0.3) is 0 Å². The van der Waals surface area contributed by atoms with Crippen molar-refractivity contribution in [3.63, 3.8) is 0 Å². The molecule has 0 spiro atoms. The molecule has 0 aliphatic heterocycles. The van der Waals surface area contributed by atoms with E-state index >= 15 is 0 Å². The first-order valence-corrected chi connectivity index (χ1v) is 3.26. The lowest BCUT2D eigenvalue weighted by molar-refractivity contribution is -0.0528. The summed E-state index contributed by atoms with van der Waals surface area (Å²) in [6, 6.07) is 1.06. The standard InChI is InChI=1S/C6H4ClF2NO2/c7-4-1-3(11)2-10-5(4)12-6(8)9/h1-2,6,11H. The molecule has 1 aromatic heterocycles. The summed E-state index contributed by atoms with van der Waals surface area (Å²) < 4.78 is 27.1. The highest BCUT2D eigenvalue weighted by atomic mass is 35.5. The molecular weight excluding hydrogens is 192 g/mol. The van der Waals surface area contributed by atoms with Gasteiger partial charge in [-0.3, -0.25) is 0 Å². The molecular formula is C6H4ClF2NO2. The van der Waals surface area contributed by atoms with E-state index in [0.717, 1.165) is 12.3 Å². The van der Waals surface area contributed by atoms with Gasteiger partial charge in [0, 0.05) is 6.07 Å². The minimum absolute atomic E-state index is 0.157. The second-order valence-electron chi connectivity index (χ2n) is 1.86. The third kappa shape index (κ3) is 2.20. The minimum Gasteiger partial charge on any atom is -0.506 e. The minimum atomic E-state index is -2.97. The number of alkyl halides is 2. The van der Waals surface area contributed by atoms with Crippen molar-refractivity contribution in [3.8, 4) is 11.6 Å². The van der Waals surface area contributed by atoms with Gasteiger partial charge in [-0.05, 0) is 0 Å². The Morgan fingerprint density at radius 1 is 1.58 bits per heavy atom. The Morgan fingerprint density at radius 3 is 2.75 bits per heavy atom. The summed E-state index contributed by atoms with van der Waals surface area (Å²) in [6.07, 6.45) is 0.962. The molecule has 0 fully saturated rings. The summed E-state index contributed by atoms with van der Waals surface area (Å²) in [5, 5.41) is 8.62. The van der Waals surface area contributed by atoms with E-state index in [1.165, 1.54) is 0 Å². The molecule has 0 amide bonds. The van der Waals surface area contributed by atoms with Crippen molar-refractivity contribution in [2.24, 2.45) is 0 Å². The Labute approximate surface area is 71.6 Å². The van der Waals surface area contributed by atoms with E-state index in [2.05, 4.69) is 9.72 Å². The van der Waals surface area contributed by atoms with E-state index in [-0.39, 0.29) is 10.8 Å². The molecule has 1 aromatic rings. The van der Waals surface area contributed by atoms with Crippen molar-refractivity contribution >= 4 is 11.6 Å². The lowest BCUT2D eigenvalue weighted by Gasteiger charge is -2.04. The van der Waals surface area contributed by atoms with Crippen LogP contribution < -0.4 is 4.74 Å². The normalized spacial score (nSPS) is 10.3. The van der Waals surface area contributed by atoms with E-state index in [4.69, 9.17) is 16.7 Å². The zero-order chi connectivity index (χ0) is 9.14. The summed E-state index contributed by atoms with van der Waals surface area (Å²) in [4.78, 5) is 3.33. The van der Waals surface area contributed by atoms with Gasteiger partial charge in [-0.1, -0.05) is 11.6 Å². The number of pyridine rings is 1. The van der Waals surface area contributed by atoms with E-state index in [0.29, 0.717) is 0 Å². The van der Waals surface area contributed by atoms with Crippen LogP contribution in [0.2, 0.25) is 5.02 Å². The number of halogens is 3. The van der Waals surface area contributed by atoms with Gasteiger partial charge in [0.1, 0.15) is 10.8 Å². The van der Waals surface area contributed by atoms with Crippen LogP contribution in [0.1, 0.15) is 0 Å². The van der Waals surface area contributed by atoms with Gasteiger partial charge in [0.15, 0.2) is 0 Å². The van der Waals surface area contributed by atoms with Crippen molar-refractivity contribution in [1.82, 2.24) is 4.98 Å². The van der Waals surface area contributed by atoms with Crippen LogP contribution in [-0.4, -0.2) is 16.7 Å². The Hall–Kier alpha value is -1.10. The first-order valence-electron chi connectivity index (χ1n) is 2.89. The smallest absolute Gasteiger partial charge is 0.388 e. The number of aromatic hydroxyl groups is 1. The molecule has 0 aliphatic carbocycles. The number of hydrogen-bond acceptors (Lipinski definition) is 3. The molecule has 0 bridgehead atoms. The Balaban J connectivity index is 2.86. The SMILES string of the molecule is Oc1cnc(OC(F)F)c(Cl)c1. The van der Waals surface area contributed by atoms with E-state index < -0.39 is 12.5 Å². The molecule has 1 heterocycles. The molecule has 66 valence electrons. The topological polar surface area (TPSA) is 42.4 Å². The van der Waals surface area contributed by atoms with Gasteiger partial charge in [0.05, 0.1) is 6.20 Å². The van der Waals surface area contributed by atoms with Crippen LogP contribution in [-0.2, 0) is 0 Å². The highest BCUT2D eigenvalue weighted by Gasteiger charge is 2.09. The Kier molecular flexibility index (Phi) is 2.65. The Morgan fingerprint density at radius 2 is 2.25 bits per heavy atom. The van der Waals surface area contributed by atoms with Gasteiger partial charge in [-0.25, -0.2) is 4.98 Å². The van der Waals surface area contributed by atoms with E-state index in [9.17, 15) is 8.78 Å². The summed E-state index contributed by atoms with van der Waals surface area (Å²) in [5.74, 6) is -0.605. The van der Waals surface area contributed by atoms with Crippen molar-refractivity contribution in [1.29, 1.82) is 0 Å². The summed E-state index contributed by atoms with van der Waals surface area (Å²) in [7, 11) is 0. The first-order chi connectivity index (χ1) is 5.59. The third-order valence-corrected chi connectivity index (χ3v) is 1.26. The second kappa shape index (κ2) is 3.53. The van der Waals surface area contributed by atoms with Crippen molar-refractivity contribution < 1.29 is 18.6 Å². The molecule has 0 radical (unpaired) electrons. The van der Waals surface area contributed by atoms with Crippen LogP contribution in [0, 0.1) is 0 Å². The fourth-order valence-corrected chi connectivity index (χ4v) is 0.792. The molecule has 0 unspecified atom stereocenters. The van der Waals surface area contributed by atoms with Crippen molar-refractivity contribution in [2.45, 2.75) is 6.61 Å². The predicted molar refractivity (Wildman–Crippen MR) is 37.5 cm³/mol. The van der Waals surface area contributed by atoms with Gasteiger partial charge in [0.2, 0.25) is 5.88 Å². The average molecular weight is 196 g/mol. The highest BCUT2D eigenvalue weighted by molar-refractivity contribution is 6.31. The lowest BCUT2D eigenvalue weighted by Crippen LogP contribution is -2.03. The molecule has 1 rings (SSSR count). The van der Waals surface area contributed by atoms with Crippen LogP contribution in [0.3, 0.4) is 0 Å². The number of rotatable bonds is 2. The molecule has 0 saturated heterocycles. The maximum Gasteiger partial charge on any atom is 0.388 e. The van der Waals surface area contributed by atoms with Crippen LogP contribution >= 0.6 is 11.6 Å². The molecule has 6 heteroatoms. The van der Waals surface area contributed by atoms with Gasteiger partial charge < -0.3 is 9.84 Å². The maximum absolute atomic E-state index is 11.6. The third-order valence-electron chi connectivity index (χ3n) is 0.994. The van der Waals surface area contributed by atoms with E-state index in [1.54, 1.807) is 0 Å². The molecule has 0 atom stereocenters. The van der Waals surface area contributed by atoms with Crippen LogP contribution in [0.4, 0.5) is 8.78 Å². The number of nitrogens with zero attached hydrogens (tertiary/aromatic N) is 1. The fraction of sp³-hybridized carbons (Fsp3) is 0.167. The average Bonchev–Trinajstić information content (AvgIpc) is 1.94. The first kappa shape index (κ1) is 8.99. The zero-order valence-electron chi connectivity index (χ0n) is 5.67. The van der Waals surface area contributed by atoms with Gasteiger partial charge in [-0.15, -0.1) is 0 Å². The highest BCUT2D eigenvalue weighted by Crippen LogP contribution is 2.25. The monoisotopic (exact) mass is 195 g/mol. The van der Waals surface area contributed by atoms with Crippen molar-refractivity contribution in [3.05, 3.63) is 17.3 Å². The Bertz CT molecular complexity index is 282. The summed E-state index contributed by atoms with van der Waals surface area (Å²) in [5.41, 5.74) is 0. The lowest BCUT2D eigenvalue weighted by atomic mass is 10.4. The number of aromatic nitrogens is 1. The molecule has 12 heavy (non-hydrogen) atoms. The van der Waals surface area contributed by atoms with Gasteiger partial charge >= 0.3 is 6.61 Å². The predicted octanol–water partition coefficient (Wildman–Crippen LogP) is 2.04. The number of ether oxygens (including phenoxy) is 1. The van der Waals surface area contributed by atoms with Crippen LogP contribution in [0.25, 0.3) is 0 Å². The second-order valence-corrected chi connectivity index (χ2v) is 2.27. The molecule has 0 saturated carbocycles. The fourth-order valence-electron chi connectivity index (χ4n) is 0.586. The largest absolute Gasteiger partial charge is 0.506 e. The van der Waals surface area contributed by atoms with E-state index in [1.807, 2.05) is 0 Å².